The Bertz CT molecular complexity index is 829. The third kappa shape index (κ3) is 2.24. The van der Waals surface area contributed by atoms with Crippen LogP contribution in [-0.2, 0) is 11.2 Å². The number of fused-ring (bicyclic) bond motifs is 1. The summed E-state index contributed by atoms with van der Waals surface area (Å²) in [5, 5.41) is 0. The Morgan fingerprint density at radius 3 is 2.32 bits per heavy atom. The van der Waals surface area contributed by atoms with Gasteiger partial charge in [-0.1, -0.05) is 6.92 Å². The first-order valence-corrected chi connectivity index (χ1v) is 6.42. The normalized spacial score (nSPS) is 11.0. The van der Waals surface area contributed by atoms with Crippen LogP contribution in [0.3, 0.4) is 0 Å². The van der Waals surface area contributed by atoms with Crippen LogP contribution in [0.4, 0.5) is 17.6 Å². The SMILES string of the molecule is CCOC(=O)c1cc(CC)c2c(F)c(F)c(F)c(F)n2c1=O. The van der Waals surface area contributed by atoms with Gasteiger partial charge in [0.1, 0.15) is 5.56 Å². The van der Waals surface area contributed by atoms with Crippen molar-refractivity contribution < 1.29 is 27.1 Å². The van der Waals surface area contributed by atoms with Gasteiger partial charge in [-0.25, -0.2) is 18.0 Å². The topological polar surface area (TPSA) is 47.8 Å². The van der Waals surface area contributed by atoms with Crippen molar-refractivity contribution in [1.29, 1.82) is 0 Å². The van der Waals surface area contributed by atoms with Crippen molar-refractivity contribution in [2.75, 3.05) is 6.61 Å². The Balaban J connectivity index is 3.01. The van der Waals surface area contributed by atoms with Crippen LogP contribution in [-0.4, -0.2) is 17.0 Å². The third-order valence-corrected chi connectivity index (χ3v) is 3.13. The number of carbonyl (C=O) groups is 1. The van der Waals surface area contributed by atoms with Gasteiger partial charge in [-0.15, -0.1) is 0 Å². The lowest BCUT2D eigenvalue weighted by Crippen LogP contribution is -2.28. The first kappa shape index (κ1) is 16.0. The van der Waals surface area contributed by atoms with Gasteiger partial charge in [-0.05, 0) is 25.0 Å². The highest BCUT2D eigenvalue weighted by Crippen LogP contribution is 2.22. The Labute approximate surface area is 121 Å². The van der Waals surface area contributed by atoms with Crippen LogP contribution in [0, 0.1) is 23.4 Å². The van der Waals surface area contributed by atoms with Gasteiger partial charge in [0.2, 0.25) is 17.6 Å². The molecule has 0 radical (unpaired) electrons. The van der Waals surface area contributed by atoms with E-state index in [1.54, 1.807) is 0 Å². The summed E-state index contributed by atoms with van der Waals surface area (Å²) in [4.78, 5) is 23.8. The molecule has 22 heavy (non-hydrogen) atoms. The van der Waals surface area contributed by atoms with Gasteiger partial charge in [0.25, 0.3) is 5.56 Å². The van der Waals surface area contributed by atoms with Crippen molar-refractivity contribution in [1.82, 2.24) is 4.40 Å². The fourth-order valence-corrected chi connectivity index (χ4v) is 2.11. The van der Waals surface area contributed by atoms with Crippen molar-refractivity contribution in [3.8, 4) is 0 Å². The van der Waals surface area contributed by atoms with Gasteiger partial charge in [-0.2, -0.15) is 8.78 Å². The van der Waals surface area contributed by atoms with Crippen molar-refractivity contribution in [2.24, 2.45) is 0 Å². The number of aryl methyl sites for hydroxylation is 1. The van der Waals surface area contributed by atoms with E-state index in [9.17, 15) is 27.2 Å². The summed E-state index contributed by atoms with van der Waals surface area (Å²) in [6.07, 6.45) is 0.0532. The maximum Gasteiger partial charge on any atom is 0.343 e. The lowest BCUT2D eigenvalue weighted by molar-refractivity contribution is 0.0524. The molecule has 4 nitrogen and oxygen atoms in total. The van der Waals surface area contributed by atoms with E-state index in [0.29, 0.717) is 0 Å². The molecule has 0 saturated heterocycles. The maximum atomic E-state index is 13.9. The van der Waals surface area contributed by atoms with E-state index in [-0.39, 0.29) is 23.0 Å². The first-order valence-electron chi connectivity index (χ1n) is 6.42. The zero-order valence-corrected chi connectivity index (χ0v) is 11.7. The molecule has 2 aromatic rings. The van der Waals surface area contributed by atoms with Crippen LogP contribution in [0.15, 0.2) is 10.9 Å². The van der Waals surface area contributed by atoms with Gasteiger partial charge in [0, 0.05) is 0 Å². The smallest absolute Gasteiger partial charge is 0.343 e. The van der Waals surface area contributed by atoms with E-state index in [2.05, 4.69) is 4.74 Å². The number of carbonyl (C=O) groups excluding carboxylic acids is 1. The van der Waals surface area contributed by atoms with Crippen molar-refractivity contribution in [3.05, 3.63) is 50.9 Å². The van der Waals surface area contributed by atoms with Crippen molar-refractivity contribution in [3.63, 3.8) is 0 Å². The Kier molecular flexibility index (Phi) is 4.20. The lowest BCUT2D eigenvalue weighted by atomic mass is 10.1. The molecule has 8 heteroatoms. The number of esters is 1. The summed E-state index contributed by atoms with van der Waals surface area (Å²) in [5.74, 6) is -8.80. The summed E-state index contributed by atoms with van der Waals surface area (Å²) in [5.41, 5.74) is -2.67. The molecular weight excluding hydrogens is 306 g/mol. The van der Waals surface area contributed by atoms with E-state index in [1.165, 1.54) is 13.8 Å². The predicted molar refractivity (Wildman–Crippen MR) is 68.8 cm³/mol. The Morgan fingerprint density at radius 1 is 1.14 bits per heavy atom. The van der Waals surface area contributed by atoms with Gasteiger partial charge in [-0.3, -0.25) is 4.79 Å². The molecule has 2 rings (SSSR count). The first-order chi connectivity index (χ1) is 10.3. The molecule has 0 aliphatic heterocycles. The molecule has 0 aromatic carbocycles. The second-order valence-corrected chi connectivity index (χ2v) is 4.38. The molecule has 0 saturated carbocycles. The second-order valence-electron chi connectivity index (χ2n) is 4.38. The summed E-state index contributed by atoms with van der Waals surface area (Å²) in [6, 6.07) is 0.996. The minimum absolute atomic E-state index is 0.0127. The third-order valence-electron chi connectivity index (χ3n) is 3.13. The summed E-state index contributed by atoms with van der Waals surface area (Å²) < 4.78 is 59.1. The minimum atomic E-state index is -2.13. The Hall–Kier alpha value is -2.38. The highest BCUT2D eigenvalue weighted by atomic mass is 19.2. The molecule has 0 fully saturated rings. The highest BCUT2D eigenvalue weighted by molar-refractivity contribution is 5.90. The van der Waals surface area contributed by atoms with E-state index in [1.807, 2.05) is 0 Å². The van der Waals surface area contributed by atoms with E-state index >= 15 is 0 Å². The van der Waals surface area contributed by atoms with Crippen molar-refractivity contribution in [2.45, 2.75) is 20.3 Å². The summed E-state index contributed by atoms with van der Waals surface area (Å²) >= 11 is 0. The molecule has 0 unspecified atom stereocenters. The van der Waals surface area contributed by atoms with Crippen LogP contribution < -0.4 is 5.56 Å². The minimum Gasteiger partial charge on any atom is -0.462 e. The van der Waals surface area contributed by atoms with Gasteiger partial charge < -0.3 is 4.74 Å². The van der Waals surface area contributed by atoms with Gasteiger partial charge in [0.15, 0.2) is 5.82 Å². The number of rotatable bonds is 3. The zero-order valence-electron chi connectivity index (χ0n) is 11.7. The number of pyridine rings is 2. The number of hydrogen-bond acceptors (Lipinski definition) is 3. The molecule has 0 atom stereocenters. The lowest BCUT2D eigenvalue weighted by Gasteiger charge is -2.12. The molecule has 0 bridgehead atoms. The largest absolute Gasteiger partial charge is 0.462 e. The number of hydrogen-bond donors (Lipinski definition) is 0. The van der Waals surface area contributed by atoms with Crippen molar-refractivity contribution >= 4 is 11.5 Å². The number of ether oxygens (including phenoxy) is 1. The Morgan fingerprint density at radius 2 is 1.77 bits per heavy atom. The van der Waals surface area contributed by atoms with Crippen LogP contribution in [0.25, 0.3) is 5.52 Å². The average Bonchev–Trinajstić information content (AvgIpc) is 2.50. The van der Waals surface area contributed by atoms with Gasteiger partial charge in [0.05, 0.1) is 12.1 Å². The van der Waals surface area contributed by atoms with Crippen LogP contribution in [0.1, 0.15) is 29.8 Å². The zero-order chi connectivity index (χ0) is 16.6. The van der Waals surface area contributed by atoms with Crippen LogP contribution in [0.5, 0.6) is 0 Å². The van der Waals surface area contributed by atoms with Crippen LogP contribution >= 0.6 is 0 Å². The maximum absolute atomic E-state index is 13.9. The fourth-order valence-electron chi connectivity index (χ4n) is 2.11. The molecule has 2 aromatic heterocycles. The quantitative estimate of drug-likeness (QED) is 0.497. The molecule has 0 aliphatic rings. The summed E-state index contributed by atoms with van der Waals surface area (Å²) in [7, 11) is 0. The molecule has 0 amide bonds. The second kappa shape index (κ2) is 5.78. The summed E-state index contributed by atoms with van der Waals surface area (Å²) in [6.45, 7) is 2.97. The standard InChI is InChI=1S/C14H11F4NO3/c1-3-6-5-7(14(21)22-4-2)13(20)19-11(6)9(16)8(15)10(17)12(19)18/h5H,3-4H2,1-2H3. The molecular formula is C14H11F4NO3. The van der Waals surface area contributed by atoms with E-state index in [4.69, 9.17) is 0 Å². The number of aromatic nitrogens is 1. The predicted octanol–water partition coefficient (Wildman–Crippen LogP) is 2.60. The number of halogens is 4. The fraction of sp³-hybridized carbons (Fsp3) is 0.286. The van der Waals surface area contributed by atoms with E-state index in [0.717, 1.165) is 6.07 Å². The molecule has 0 aliphatic carbocycles. The molecule has 0 spiro atoms. The number of nitrogens with zero attached hydrogens (tertiary/aromatic N) is 1. The van der Waals surface area contributed by atoms with Gasteiger partial charge >= 0.3 is 5.97 Å². The van der Waals surface area contributed by atoms with Crippen LogP contribution in [0.2, 0.25) is 0 Å². The molecule has 2 heterocycles. The monoisotopic (exact) mass is 317 g/mol. The molecule has 0 N–H and O–H groups in total. The van der Waals surface area contributed by atoms with E-state index < -0.39 is 46.0 Å². The highest BCUT2D eigenvalue weighted by Gasteiger charge is 2.26. The average molecular weight is 317 g/mol. The molecule has 118 valence electrons.